The van der Waals surface area contributed by atoms with Crippen LogP contribution in [0.25, 0.3) is 26.3 Å². The van der Waals surface area contributed by atoms with E-state index in [0.29, 0.717) is 15.8 Å². The van der Waals surface area contributed by atoms with Gasteiger partial charge < -0.3 is 10.2 Å². The Morgan fingerprint density at radius 2 is 1.91 bits per heavy atom. The summed E-state index contributed by atoms with van der Waals surface area (Å²) in [6.07, 6.45) is 6.45. The zero-order valence-corrected chi connectivity index (χ0v) is 19.8. The van der Waals surface area contributed by atoms with E-state index in [4.69, 9.17) is 11.6 Å². The number of benzene rings is 2. The summed E-state index contributed by atoms with van der Waals surface area (Å²) in [5.41, 5.74) is 5.07. The van der Waals surface area contributed by atoms with Crippen LogP contribution in [-0.4, -0.2) is 40.1 Å². The van der Waals surface area contributed by atoms with E-state index >= 15 is 0 Å². The van der Waals surface area contributed by atoms with Crippen LogP contribution in [0.5, 0.6) is 0 Å². The Labute approximate surface area is 201 Å². The van der Waals surface area contributed by atoms with E-state index < -0.39 is 0 Å². The molecular weight excluding hydrogens is 452 g/mol. The third-order valence-corrected chi connectivity index (χ3v) is 8.15. The van der Waals surface area contributed by atoms with E-state index in [2.05, 4.69) is 27.3 Å². The highest BCUT2D eigenvalue weighted by Crippen LogP contribution is 2.32. The summed E-state index contributed by atoms with van der Waals surface area (Å²) in [7, 11) is 0. The molecule has 1 atom stereocenters. The van der Waals surface area contributed by atoms with Gasteiger partial charge >= 0.3 is 0 Å². The van der Waals surface area contributed by atoms with Crippen molar-refractivity contribution in [1.82, 2.24) is 14.5 Å². The van der Waals surface area contributed by atoms with Gasteiger partial charge in [0.1, 0.15) is 11.0 Å². The number of aryl methyl sites for hydroxylation is 1. The van der Waals surface area contributed by atoms with Crippen LogP contribution in [0.4, 0.5) is 5.69 Å². The van der Waals surface area contributed by atoms with E-state index in [1.165, 1.54) is 48.5 Å². The van der Waals surface area contributed by atoms with Gasteiger partial charge in [0.2, 0.25) is 0 Å². The normalized spacial score (nSPS) is 18.4. The second kappa shape index (κ2) is 8.60. The zero-order chi connectivity index (χ0) is 22.4. The number of hydrogen-bond acceptors (Lipinski definition) is 5. The van der Waals surface area contributed by atoms with Crippen molar-refractivity contribution in [3.63, 3.8) is 0 Å². The van der Waals surface area contributed by atoms with Crippen molar-refractivity contribution in [3.05, 3.63) is 75.8 Å². The average Bonchev–Trinajstić information content (AvgIpc) is 3.50. The summed E-state index contributed by atoms with van der Waals surface area (Å²) in [4.78, 5) is 21.5. The van der Waals surface area contributed by atoms with E-state index in [1.54, 1.807) is 10.9 Å². The SMILES string of the molecule is O=c1c2sc(-c3ccc(Cl)cc3)cc2ncn1-c1ccc2c(c1)CCC(CN1CCCC1)N2. The molecular formula is C26H25ClN4OS. The number of nitrogens with zero attached hydrogens (tertiary/aromatic N) is 3. The highest BCUT2D eigenvalue weighted by Gasteiger charge is 2.22. The monoisotopic (exact) mass is 476 g/mol. The van der Waals surface area contributed by atoms with Gasteiger partial charge in [0.25, 0.3) is 5.56 Å². The molecule has 2 aromatic heterocycles. The summed E-state index contributed by atoms with van der Waals surface area (Å²) < 4.78 is 2.34. The molecule has 2 aromatic carbocycles. The smallest absolute Gasteiger partial charge is 0.275 e. The van der Waals surface area contributed by atoms with Gasteiger partial charge in [-0.1, -0.05) is 23.7 Å². The molecule has 5 nitrogen and oxygen atoms in total. The molecule has 4 aromatic rings. The van der Waals surface area contributed by atoms with Crippen LogP contribution in [0, 0.1) is 0 Å². The molecule has 0 bridgehead atoms. The van der Waals surface area contributed by atoms with Gasteiger partial charge in [-0.2, -0.15) is 0 Å². The fourth-order valence-electron chi connectivity index (χ4n) is 4.97. The van der Waals surface area contributed by atoms with Gasteiger partial charge in [-0.05, 0) is 86.3 Å². The molecule has 0 radical (unpaired) electrons. The van der Waals surface area contributed by atoms with Crippen molar-refractivity contribution in [2.75, 3.05) is 25.0 Å². The van der Waals surface area contributed by atoms with Crippen LogP contribution in [0.2, 0.25) is 5.02 Å². The minimum atomic E-state index is -0.0270. The van der Waals surface area contributed by atoms with Gasteiger partial charge in [-0.3, -0.25) is 9.36 Å². The van der Waals surface area contributed by atoms with Crippen LogP contribution in [0.3, 0.4) is 0 Å². The van der Waals surface area contributed by atoms with E-state index in [1.807, 2.05) is 36.4 Å². The van der Waals surface area contributed by atoms with Crippen molar-refractivity contribution in [2.24, 2.45) is 0 Å². The lowest BCUT2D eigenvalue weighted by Gasteiger charge is -2.30. The van der Waals surface area contributed by atoms with Crippen molar-refractivity contribution < 1.29 is 0 Å². The maximum atomic E-state index is 13.3. The lowest BCUT2D eigenvalue weighted by atomic mass is 9.97. The van der Waals surface area contributed by atoms with E-state index in [0.717, 1.165) is 41.0 Å². The summed E-state index contributed by atoms with van der Waals surface area (Å²) in [5.74, 6) is 0. The van der Waals surface area contributed by atoms with Crippen molar-refractivity contribution in [2.45, 2.75) is 31.7 Å². The first kappa shape index (κ1) is 20.9. The lowest BCUT2D eigenvalue weighted by molar-refractivity contribution is 0.314. The first-order valence-corrected chi connectivity index (χ1v) is 12.7. The number of thiophene rings is 1. The van der Waals surface area contributed by atoms with Crippen LogP contribution in [0.1, 0.15) is 24.8 Å². The van der Waals surface area contributed by atoms with Gasteiger partial charge in [0.15, 0.2) is 0 Å². The molecule has 0 saturated carbocycles. The van der Waals surface area contributed by atoms with Crippen LogP contribution >= 0.6 is 22.9 Å². The molecule has 7 heteroatoms. The summed E-state index contributed by atoms with van der Waals surface area (Å²) in [5, 5.41) is 4.42. The Balaban J connectivity index is 1.28. The topological polar surface area (TPSA) is 50.2 Å². The zero-order valence-electron chi connectivity index (χ0n) is 18.3. The molecule has 2 aliphatic rings. The fourth-order valence-corrected chi connectivity index (χ4v) is 6.14. The molecule has 2 aliphatic heterocycles. The number of nitrogens with one attached hydrogen (secondary N) is 1. The molecule has 1 fully saturated rings. The Morgan fingerprint density at radius 1 is 1.09 bits per heavy atom. The van der Waals surface area contributed by atoms with Crippen LogP contribution in [-0.2, 0) is 6.42 Å². The molecule has 1 saturated heterocycles. The number of hydrogen-bond donors (Lipinski definition) is 1. The maximum Gasteiger partial charge on any atom is 0.275 e. The molecule has 1 N–H and O–H groups in total. The molecule has 168 valence electrons. The highest BCUT2D eigenvalue weighted by molar-refractivity contribution is 7.22. The standard InChI is InChI=1S/C26H25ClN4OS/c27-19-6-3-17(4-7-19)24-14-23-25(33-24)26(32)31(16-28-23)21-9-10-22-18(13-21)5-8-20(29-22)15-30-11-1-2-12-30/h3-4,6-7,9-10,13-14,16,20,29H,1-2,5,8,11-12,15H2. The fraction of sp³-hybridized carbons (Fsp3) is 0.308. The van der Waals surface area contributed by atoms with E-state index in [-0.39, 0.29) is 5.56 Å². The second-order valence-electron chi connectivity index (χ2n) is 8.98. The van der Waals surface area contributed by atoms with Gasteiger partial charge in [-0.15, -0.1) is 11.3 Å². The largest absolute Gasteiger partial charge is 0.381 e. The molecule has 6 rings (SSSR count). The molecule has 33 heavy (non-hydrogen) atoms. The third kappa shape index (κ3) is 4.07. The van der Waals surface area contributed by atoms with Crippen molar-refractivity contribution >= 4 is 38.8 Å². The summed E-state index contributed by atoms with van der Waals surface area (Å²) >= 11 is 7.50. The Morgan fingerprint density at radius 3 is 2.73 bits per heavy atom. The molecule has 0 spiro atoms. The van der Waals surface area contributed by atoms with Gasteiger partial charge in [-0.25, -0.2) is 4.98 Å². The average molecular weight is 477 g/mol. The lowest BCUT2D eigenvalue weighted by Crippen LogP contribution is -2.37. The Bertz CT molecular complexity index is 1370. The van der Waals surface area contributed by atoms with Crippen LogP contribution < -0.4 is 10.9 Å². The number of likely N-dealkylation sites (tertiary alicyclic amines) is 1. The second-order valence-corrected chi connectivity index (χ2v) is 10.5. The summed E-state index contributed by atoms with van der Waals surface area (Å²) in [6, 6.07) is 16.4. The number of rotatable bonds is 4. The predicted octanol–water partition coefficient (Wildman–Crippen LogP) is 5.59. The first-order valence-electron chi connectivity index (χ1n) is 11.5. The minimum absolute atomic E-state index is 0.0270. The number of aromatic nitrogens is 2. The number of fused-ring (bicyclic) bond motifs is 2. The molecule has 0 amide bonds. The molecule has 4 heterocycles. The first-order chi connectivity index (χ1) is 16.1. The number of anilines is 1. The quantitative estimate of drug-likeness (QED) is 0.417. The van der Waals surface area contributed by atoms with Gasteiger partial charge in [0.05, 0.1) is 11.2 Å². The minimum Gasteiger partial charge on any atom is -0.381 e. The molecule has 0 aliphatic carbocycles. The van der Waals surface area contributed by atoms with Crippen molar-refractivity contribution in [1.29, 1.82) is 0 Å². The third-order valence-electron chi connectivity index (χ3n) is 6.73. The van der Waals surface area contributed by atoms with E-state index in [9.17, 15) is 4.79 Å². The van der Waals surface area contributed by atoms with Crippen molar-refractivity contribution in [3.8, 4) is 16.1 Å². The highest BCUT2D eigenvalue weighted by atomic mass is 35.5. The summed E-state index contributed by atoms with van der Waals surface area (Å²) in [6.45, 7) is 3.57. The van der Waals surface area contributed by atoms with Crippen LogP contribution in [0.15, 0.2) is 59.7 Å². The van der Waals surface area contributed by atoms with Gasteiger partial charge in [0, 0.05) is 28.2 Å². The Kier molecular flexibility index (Phi) is 5.45. The molecule has 1 unspecified atom stereocenters. The predicted molar refractivity (Wildman–Crippen MR) is 137 cm³/mol. The Hall–Kier alpha value is -2.67. The number of halogens is 1. The maximum absolute atomic E-state index is 13.3.